The van der Waals surface area contributed by atoms with Gasteiger partial charge in [0.2, 0.25) is 5.91 Å². The Labute approximate surface area is 78.9 Å². The first kappa shape index (κ1) is 10.2. The van der Waals surface area contributed by atoms with E-state index in [4.69, 9.17) is 0 Å². The van der Waals surface area contributed by atoms with Gasteiger partial charge in [0.25, 0.3) is 0 Å². The fourth-order valence-corrected chi connectivity index (χ4v) is 1.77. The molecule has 2 atom stereocenters. The highest BCUT2D eigenvalue weighted by Gasteiger charge is 2.41. The van der Waals surface area contributed by atoms with Crippen LogP contribution in [0.4, 0.5) is 0 Å². The van der Waals surface area contributed by atoms with E-state index in [9.17, 15) is 9.59 Å². The maximum atomic E-state index is 11.6. The van der Waals surface area contributed by atoms with Crippen LogP contribution in [0.25, 0.3) is 0 Å². The molecule has 1 aliphatic carbocycles. The summed E-state index contributed by atoms with van der Waals surface area (Å²) in [6, 6.07) is 0. The van der Waals surface area contributed by atoms with Crippen LogP contribution in [0.1, 0.15) is 26.7 Å². The van der Waals surface area contributed by atoms with E-state index in [1.807, 2.05) is 13.8 Å². The lowest BCUT2D eigenvalue weighted by Gasteiger charge is -2.34. The summed E-state index contributed by atoms with van der Waals surface area (Å²) in [6.07, 6.45) is 1.75. The van der Waals surface area contributed by atoms with E-state index in [-0.39, 0.29) is 29.4 Å². The molecule has 0 aromatic carbocycles. The van der Waals surface area contributed by atoms with Crippen LogP contribution in [0, 0.1) is 17.8 Å². The number of ketones is 1. The van der Waals surface area contributed by atoms with E-state index in [2.05, 4.69) is 5.32 Å². The molecule has 13 heavy (non-hydrogen) atoms. The molecule has 0 unspecified atom stereocenters. The summed E-state index contributed by atoms with van der Waals surface area (Å²) in [5.41, 5.74) is 0. The third kappa shape index (κ3) is 1.90. The highest BCUT2D eigenvalue weighted by atomic mass is 16.2. The fourth-order valence-electron chi connectivity index (χ4n) is 1.77. The summed E-state index contributed by atoms with van der Waals surface area (Å²) in [6.45, 7) is 3.78. The van der Waals surface area contributed by atoms with Gasteiger partial charge < -0.3 is 5.32 Å². The summed E-state index contributed by atoms with van der Waals surface area (Å²) in [4.78, 5) is 22.8. The van der Waals surface area contributed by atoms with Crippen LogP contribution in [0.15, 0.2) is 0 Å². The van der Waals surface area contributed by atoms with Crippen molar-refractivity contribution in [3.05, 3.63) is 0 Å². The third-order valence-corrected chi connectivity index (χ3v) is 2.79. The molecule has 0 aromatic rings. The molecular weight excluding hydrogens is 166 g/mol. The number of Topliss-reactive ketones (excluding diaryl/α,β-unsaturated/α-hetero) is 1. The average molecular weight is 183 g/mol. The molecule has 74 valence electrons. The van der Waals surface area contributed by atoms with E-state index in [0.29, 0.717) is 0 Å². The zero-order valence-electron chi connectivity index (χ0n) is 8.46. The molecule has 1 N–H and O–H groups in total. The van der Waals surface area contributed by atoms with Gasteiger partial charge in [-0.2, -0.15) is 0 Å². The Balaban J connectivity index is 2.54. The summed E-state index contributed by atoms with van der Waals surface area (Å²) >= 11 is 0. The smallest absolute Gasteiger partial charge is 0.223 e. The molecule has 0 bridgehead atoms. The largest absolute Gasteiger partial charge is 0.359 e. The van der Waals surface area contributed by atoms with Gasteiger partial charge in [0.05, 0.1) is 0 Å². The molecule has 0 saturated heterocycles. The standard InChI is InChI=1S/C10H17NO2/c1-6(2)9(12)7-4-5-8(7)10(13)11-3/h6-8H,4-5H2,1-3H3,(H,11,13)/t7-,8-/m1/s1. The molecule has 0 radical (unpaired) electrons. The van der Waals surface area contributed by atoms with E-state index < -0.39 is 0 Å². The molecule has 0 aromatic heterocycles. The lowest BCUT2D eigenvalue weighted by Crippen LogP contribution is -2.44. The highest BCUT2D eigenvalue weighted by Crippen LogP contribution is 2.36. The predicted octanol–water partition coefficient (Wildman–Crippen LogP) is 0.984. The molecule has 1 rings (SSSR count). The maximum Gasteiger partial charge on any atom is 0.223 e. The van der Waals surface area contributed by atoms with Crippen molar-refractivity contribution in [2.45, 2.75) is 26.7 Å². The number of amides is 1. The lowest BCUT2D eigenvalue weighted by molar-refractivity contribution is -0.140. The van der Waals surface area contributed by atoms with Crippen LogP contribution in [0.2, 0.25) is 0 Å². The first-order valence-corrected chi connectivity index (χ1v) is 4.83. The Morgan fingerprint density at radius 2 is 1.77 bits per heavy atom. The monoisotopic (exact) mass is 183 g/mol. The minimum Gasteiger partial charge on any atom is -0.359 e. The van der Waals surface area contributed by atoms with E-state index >= 15 is 0 Å². The molecule has 0 spiro atoms. The molecule has 1 fully saturated rings. The molecule has 0 heterocycles. The van der Waals surface area contributed by atoms with Crippen molar-refractivity contribution >= 4 is 11.7 Å². The van der Waals surface area contributed by atoms with Gasteiger partial charge in [-0.15, -0.1) is 0 Å². The number of hydrogen-bond acceptors (Lipinski definition) is 2. The van der Waals surface area contributed by atoms with Crippen LogP contribution < -0.4 is 5.32 Å². The van der Waals surface area contributed by atoms with Gasteiger partial charge in [-0.3, -0.25) is 9.59 Å². The SMILES string of the molecule is CNC(=O)[C@@H]1CC[C@H]1C(=O)C(C)C. The molecule has 1 aliphatic rings. The lowest BCUT2D eigenvalue weighted by atomic mass is 9.69. The van der Waals surface area contributed by atoms with Gasteiger partial charge in [0.1, 0.15) is 5.78 Å². The first-order valence-electron chi connectivity index (χ1n) is 4.83. The summed E-state index contributed by atoms with van der Waals surface area (Å²) < 4.78 is 0. The molecule has 0 aliphatic heterocycles. The quantitative estimate of drug-likeness (QED) is 0.709. The fraction of sp³-hybridized carbons (Fsp3) is 0.800. The Bertz CT molecular complexity index is 223. The van der Waals surface area contributed by atoms with Crippen LogP contribution >= 0.6 is 0 Å². The zero-order chi connectivity index (χ0) is 10.0. The summed E-state index contributed by atoms with van der Waals surface area (Å²) in [5.74, 6) is 0.238. The van der Waals surface area contributed by atoms with Crippen molar-refractivity contribution in [3.8, 4) is 0 Å². The second kappa shape index (κ2) is 3.90. The van der Waals surface area contributed by atoms with Gasteiger partial charge in [-0.05, 0) is 12.8 Å². The minimum atomic E-state index is -0.0556. The van der Waals surface area contributed by atoms with Crippen molar-refractivity contribution in [3.63, 3.8) is 0 Å². The van der Waals surface area contributed by atoms with Crippen LogP contribution in [0.3, 0.4) is 0 Å². The number of nitrogens with one attached hydrogen (secondary N) is 1. The van der Waals surface area contributed by atoms with Crippen LogP contribution in [0.5, 0.6) is 0 Å². The number of carbonyl (C=O) groups is 2. The third-order valence-electron chi connectivity index (χ3n) is 2.79. The van der Waals surface area contributed by atoms with Gasteiger partial charge in [0, 0.05) is 24.8 Å². The summed E-state index contributed by atoms with van der Waals surface area (Å²) in [5, 5.41) is 2.60. The minimum absolute atomic E-state index is 0.0139. The highest BCUT2D eigenvalue weighted by molar-refractivity contribution is 5.91. The van der Waals surface area contributed by atoms with Crippen molar-refractivity contribution in [1.82, 2.24) is 5.32 Å². The molecule has 1 saturated carbocycles. The second-order valence-electron chi connectivity index (χ2n) is 3.96. The maximum absolute atomic E-state index is 11.6. The first-order chi connectivity index (χ1) is 6.07. The zero-order valence-corrected chi connectivity index (χ0v) is 8.46. The van der Waals surface area contributed by atoms with Crippen molar-refractivity contribution < 1.29 is 9.59 Å². The van der Waals surface area contributed by atoms with Gasteiger partial charge in [-0.25, -0.2) is 0 Å². The second-order valence-corrected chi connectivity index (χ2v) is 3.96. The molecular formula is C10H17NO2. The van der Waals surface area contributed by atoms with Crippen molar-refractivity contribution in [2.75, 3.05) is 7.05 Å². The molecule has 3 nitrogen and oxygen atoms in total. The van der Waals surface area contributed by atoms with E-state index in [1.165, 1.54) is 0 Å². The van der Waals surface area contributed by atoms with Gasteiger partial charge in [0.15, 0.2) is 0 Å². The Morgan fingerprint density at radius 3 is 2.08 bits per heavy atom. The van der Waals surface area contributed by atoms with Crippen LogP contribution in [-0.2, 0) is 9.59 Å². The Hall–Kier alpha value is -0.860. The number of hydrogen-bond donors (Lipinski definition) is 1. The Morgan fingerprint density at radius 1 is 1.23 bits per heavy atom. The predicted molar refractivity (Wildman–Crippen MR) is 50.1 cm³/mol. The molecule has 3 heteroatoms. The summed E-state index contributed by atoms with van der Waals surface area (Å²) in [7, 11) is 1.62. The van der Waals surface area contributed by atoms with Gasteiger partial charge in [-0.1, -0.05) is 13.8 Å². The molecule has 1 amide bonds. The normalized spacial score (nSPS) is 26.8. The topological polar surface area (TPSA) is 46.2 Å². The van der Waals surface area contributed by atoms with Crippen molar-refractivity contribution in [1.29, 1.82) is 0 Å². The Kier molecular flexibility index (Phi) is 3.07. The number of carbonyl (C=O) groups excluding carboxylic acids is 2. The van der Waals surface area contributed by atoms with Crippen LogP contribution in [-0.4, -0.2) is 18.7 Å². The van der Waals surface area contributed by atoms with E-state index in [1.54, 1.807) is 7.05 Å². The average Bonchev–Trinajstić information content (AvgIpc) is 2.01. The number of rotatable bonds is 3. The van der Waals surface area contributed by atoms with E-state index in [0.717, 1.165) is 12.8 Å². The van der Waals surface area contributed by atoms with Gasteiger partial charge >= 0.3 is 0 Å². The van der Waals surface area contributed by atoms with Crippen molar-refractivity contribution in [2.24, 2.45) is 17.8 Å².